The zero-order valence-electron chi connectivity index (χ0n) is 12.3. The van der Waals surface area contributed by atoms with E-state index in [1.807, 2.05) is 67.6 Å². The molecule has 2 aromatic carbocycles. The maximum atomic E-state index is 12.2. The van der Waals surface area contributed by atoms with Gasteiger partial charge in [0.15, 0.2) is 0 Å². The zero-order valence-corrected chi connectivity index (χ0v) is 12.3. The molecule has 2 rings (SSSR count). The predicted molar refractivity (Wildman–Crippen MR) is 83.3 cm³/mol. The number of ketones is 1. The minimum absolute atomic E-state index is 0.132. The Labute approximate surface area is 124 Å². The summed E-state index contributed by atoms with van der Waals surface area (Å²) in [6.07, 6.45) is 0.261. The molecule has 106 valence electrons. The second-order valence-electron chi connectivity index (χ2n) is 5.35. The van der Waals surface area contributed by atoms with Crippen LogP contribution in [0.3, 0.4) is 0 Å². The number of Topliss-reactive ketones (excluding diaryl/α,β-unsaturated/α-hetero) is 1. The highest BCUT2D eigenvalue weighted by molar-refractivity contribution is 6.36. The highest BCUT2D eigenvalue weighted by Crippen LogP contribution is 2.35. The molecule has 0 unspecified atom stereocenters. The van der Waals surface area contributed by atoms with E-state index in [0.717, 1.165) is 11.1 Å². The summed E-state index contributed by atoms with van der Waals surface area (Å²) < 4.78 is 0. The number of rotatable bonds is 5. The quantitative estimate of drug-likeness (QED) is 0.468. The molecular formula is C18H18N2O. The summed E-state index contributed by atoms with van der Waals surface area (Å²) in [5, 5.41) is 0. The number of hydrogen-bond acceptors (Lipinski definition) is 1. The van der Waals surface area contributed by atoms with Crippen molar-refractivity contribution >= 4 is 11.5 Å². The minimum Gasteiger partial charge on any atom is -0.361 e. The molecule has 2 aromatic rings. The molecule has 0 aliphatic heterocycles. The predicted octanol–water partition coefficient (Wildman–Crippen LogP) is 3.64. The summed E-state index contributed by atoms with van der Waals surface area (Å²) in [5.74, 6) is -0.160. The van der Waals surface area contributed by atoms with Gasteiger partial charge in [-0.1, -0.05) is 67.6 Å². The lowest BCUT2D eigenvalue weighted by molar-refractivity contribution is -0.118. The number of carbonyl (C=O) groups excluding carboxylic acids is 1. The van der Waals surface area contributed by atoms with E-state index in [0.29, 0.717) is 0 Å². The molecule has 0 radical (unpaired) electrons. The van der Waals surface area contributed by atoms with Gasteiger partial charge in [0.1, 0.15) is 0 Å². The van der Waals surface area contributed by atoms with Crippen molar-refractivity contribution in [2.75, 3.05) is 0 Å². The van der Waals surface area contributed by atoms with E-state index in [1.54, 1.807) is 0 Å². The summed E-state index contributed by atoms with van der Waals surface area (Å²) in [5.41, 5.74) is 10.6. The third-order valence-corrected chi connectivity index (χ3v) is 3.89. The average Bonchev–Trinajstić information content (AvgIpc) is 2.55. The molecule has 0 heterocycles. The van der Waals surface area contributed by atoms with E-state index in [-0.39, 0.29) is 17.9 Å². The van der Waals surface area contributed by atoms with E-state index < -0.39 is 5.41 Å². The van der Waals surface area contributed by atoms with Crippen LogP contribution in [-0.4, -0.2) is 16.3 Å². The molecule has 3 heteroatoms. The van der Waals surface area contributed by atoms with Gasteiger partial charge in [-0.15, -0.1) is 0 Å². The van der Waals surface area contributed by atoms with Crippen molar-refractivity contribution in [3.05, 3.63) is 77.3 Å². The van der Waals surface area contributed by atoms with Gasteiger partial charge in [0, 0.05) is 18.8 Å². The topological polar surface area (TPSA) is 53.5 Å². The van der Waals surface area contributed by atoms with E-state index in [4.69, 9.17) is 5.53 Å². The van der Waals surface area contributed by atoms with Crippen LogP contribution in [0, 0.1) is 0 Å². The number of benzene rings is 2. The van der Waals surface area contributed by atoms with Gasteiger partial charge >= 0.3 is 5.71 Å². The van der Waals surface area contributed by atoms with Gasteiger partial charge in [0.25, 0.3) is 0 Å². The molecule has 0 bridgehead atoms. The molecule has 0 aliphatic carbocycles. The molecule has 0 N–H and O–H groups in total. The largest absolute Gasteiger partial charge is 0.361 e. The van der Waals surface area contributed by atoms with Gasteiger partial charge in [-0.25, -0.2) is 0 Å². The Hall–Kier alpha value is -2.51. The van der Waals surface area contributed by atoms with Gasteiger partial charge in [-0.2, -0.15) is 4.79 Å². The molecule has 0 fully saturated rings. The molecule has 0 atom stereocenters. The van der Waals surface area contributed by atoms with Crippen LogP contribution in [0.1, 0.15) is 31.4 Å². The summed E-state index contributed by atoms with van der Waals surface area (Å²) in [4.78, 5) is 15.3. The Morgan fingerprint density at radius 2 is 1.43 bits per heavy atom. The maximum absolute atomic E-state index is 12.2. The Kier molecular flexibility index (Phi) is 4.46. The van der Waals surface area contributed by atoms with Crippen LogP contribution < -0.4 is 0 Å². The second kappa shape index (κ2) is 6.29. The minimum atomic E-state index is -0.453. The van der Waals surface area contributed by atoms with Crippen molar-refractivity contribution in [1.29, 1.82) is 0 Å². The fourth-order valence-corrected chi connectivity index (χ4v) is 2.49. The van der Waals surface area contributed by atoms with Gasteiger partial charge in [-0.05, 0) is 11.1 Å². The summed E-state index contributed by atoms with van der Waals surface area (Å²) in [6.45, 7) is 3.57. The summed E-state index contributed by atoms with van der Waals surface area (Å²) >= 11 is 0. The maximum Gasteiger partial charge on any atom is 0.331 e. The Bertz CT molecular complexity index is 631. The Morgan fingerprint density at radius 3 is 1.81 bits per heavy atom. The number of carbonyl (C=O) groups is 1. The second-order valence-corrected chi connectivity index (χ2v) is 5.35. The van der Waals surface area contributed by atoms with Gasteiger partial charge in [0.05, 0.1) is 0 Å². The van der Waals surface area contributed by atoms with E-state index in [9.17, 15) is 4.79 Å². The molecule has 0 saturated carbocycles. The van der Waals surface area contributed by atoms with Crippen molar-refractivity contribution < 1.29 is 9.58 Å². The van der Waals surface area contributed by atoms with Gasteiger partial charge in [0.2, 0.25) is 5.78 Å². The highest BCUT2D eigenvalue weighted by atomic mass is 16.1. The van der Waals surface area contributed by atoms with Crippen LogP contribution in [0.2, 0.25) is 0 Å². The van der Waals surface area contributed by atoms with Crippen LogP contribution in [0.25, 0.3) is 5.53 Å². The van der Waals surface area contributed by atoms with E-state index in [1.165, 1.54) is 6.92 Å². The summed E-state index contributed by atoms with van der Waals surface area (Å²) in [7, 11) is 0. The molecule has 21 heavy (non-hydrogen) atoms. The lowest BCUT2D eigenvalue weighted by atomic mass is 9.72. The SMILES string of the molecule is CC(=[N+]=[N-])C(=O)CC(C)(c1ccccc1)c1ccccc1. The van der Waals surface area contributed by atoms with Gasteiger partial charge in [-0.3, -0.25) is 4.79 Å². The lowest BCUT2D eigenvalue weighted by Gasteiger charge is -2.29. The van der Waals surface area contributed by atoms with Crippen molar-refractivity contribution in [2.45, 2.75) is 25.7 Å². The first-order chi connectivity index (χ1) is 10.1. The fourth-order valence-electron chi connectivity index (χ4n) is 2.49. The lowest BCUT2D eigenvalue weighted by Crippen LogP contribution is -2.30. The van der Waals surface area contributed by atoms with Crippen LogP contribution in [-0.2, 0) is 10.2 Å². The molecule has 0 saturated heterocycles. The number of hydrogen-bond donors (Lipinski definition) is 0. The van der Waals surface area contributed by atoms with Crippen molar-refractivity contribution in [3.63, 3.8) is 0 Å². The molecular weight excluding hydrogens is 260 g/mol. The highest BCUT2D eigenvalue weighted by Gasteiger charge is 2.33. The first-order valence-corrected chi connectivity index (χ1v) is 6.91. The Morgan fingerprint density at radius 1 is 1.00 bits per heavy atom. The summed E-state index contributed by atoms with van der Waals surface area (Å²) in [6, 6.07) is 19.9. The smallest absolute Gasteiger partial charge is 0.331 e. The first kappa shape index (κ1) is 14.9. The van der Waals surface area contributed by atoms with E-state index in [2.05, 4.69) is 4.79 Å². The third kappa shape index (κ3) is 3.15. The van der Waals surface area contributed by atoms with Crippen molar-refractivity contribution in [3.8, 4) is 0 Å². The Balaban J connectivity index is 2.50. The zero-order chi connectivity index (χ0) is 15.3. The standard InChI is InChI=1S/C18H18N2O/c1-14(20-19)17(21)13-18(2,15-9-5-3-6-10-15)16-11-7-4-8-12-16/h3-12H,13H2,1-2H3. The van der Waals surface area contributed by atoms with Crippen LogP contribution in [0.5, 0.6) is 0 Å². The van der Waals surface area contributed by atoms with Crippen molar-refractivity contribution in [1.82, 2.24) is 0 Å². The fraction of sp³-hybridized carbons (Fsp3) is 0.222. The van der Waals surface area contributed by atoms with Crippen LogP contribution in [0.15, 0.2) is 60.7 Å². The average molecular weight is 278 g/mol. The van der Waals surface area contributed by atoms with Gasteiger partial charge < -0.3 is 5.53 Å². The normalized spacial score (nSPS) is 10.8. The monoisotopic (exact) mass is 278 g/mol. The van der Waals surface area contributed by atoms with Crippen molar-refractivity contribution in [2.24, 2.45) is 0 Å². The molecule has 0 spiro atoms. The molecule has 3 nitrogen and oxygen atoms in total. The van der Waals surface area contributed by atoms with Crippen LogP contribution in [0.4, 0.5) is 0 Å². The number of nitrogens with zero attached hydrogens (tertiary/aromatic N) is 2. The third-order valence-electron chi connectivity index (χ3n) is 3.89. The first-order valence-electron chi connectivity index (χ1n) is 6.91. The molecule has 0 amide bonds. The molecule has 0 aromatic heterocycles. The molecule has 0 aliphatic rings. The van der Waals surface area contributed by atoms with Crippen LogP contribution >= 0.6 is 0 Å². The van der Waals surface area contributed by atoms with E-state index >= 15 is 0 Å².